The van der Waals surface area contributed by atoms with Crippen LogP contribution in [0.15, 0.2) is 0 Å². The number of rotatable bonds is 3. The van der Waals surface area contributed by atoms with Crippen molar-refractivity contribution in [1.82, 2.24) is 20.4 Å². The van der Waals surface area contributed by atoms with Crippen LogP contribution < -0.4 is 10.6 Å². The van der Waals surface area contributed by atoms with Crippen LogP contribution in [-0.2, 0) is 4.74 Å². The van der Waals surface area contributed by atoms with Gasteiger partial charge in [0.1, 0.15) is 17.7 Å². The van der Waals surface area contributed by atoms with Gasteiger partial charge >= 0.3 is 18.3 Å². The summed E-state index contributed by atoms with van der Waals surface area (Å²) in [7, 11) is 0. The molecule has 7 nitrogen and oxygen atoms in total. The Kier molecular flexibility index (Phi) is 3.36. The fourth-order valence-corrected chi connectivity index (χ4v) is 5.17. The molecule has 2 saturated carbocycles. The number of alkyl halides is 3. The Hall–Kier alpha value is -1.71. The number of urea groups is 1. The molecule has 2 spiro atoms. The average molecular weight is 388 g/mol. The smallest absolute Gasteiger partial charge is 0.407 e. The maximum Gasteiger partial charge on any atom is 0.407 e. The molecule has 3 aliphatic heterocycles. The minimum atomic E-state index is -4.16. The zero-order valence-corrected chi connectivity index (χ0v) is 14.9. The number of cyclic esters (lactones) is 1. The Morgan fingerprint density at radius 1 is 1.19 bits per heavy atom. The van der Waals surface area contributed by atoms with E-state index in [1.807, 2.05) is 0 Å². The molecule has 0 bridgehead atoms. The topological polar surface area (TPSA) is 73.9 Å². The first kappa shape index (κ1) is 17.4. The second-order valence-electron chi connectivity index (χ2n) is 9.21. The Labute approximate surface area is 154 Å². The molecule has 2 aliphatic carbocycles. The third kappa shape index (κ3) is 2.67. The van der Waals surface area contributed by atoms with Gasteiger partial charge in [-0.1, -0.05) is 0 Å². The number of amides is 3. The highest BCUT2D eigenvalue weighted by molar-refractivity contribution is 5.78. The van der Waals surface area contributed by atoms with Gasteiger partial charge in [-0.05, 0) is 38.1 Å². The van der Waals surface area contributed by atoms with Gasteiger partial charge in [0.2, 0.25) is 0 Å². The number of ether oxygens (including phenoxy) is 1. The molecule has 3 saturated heterocycles. The molecule has 5 fully saturated rings. The maximum atomic E-state index is 12.9. The summed E-state index contributed by atoms with van der Waals surface area (Å²) in [4.78, 5) is 27.1. The summed E-state index contributed by atoms with van der Waals surface area (Å²) in [6, 6.07) is -0.0250. The molecule has 0 radical (unpaired) electrons. The standard InChI is InChI=1S/C17H23F3N4O3/c18-17(19,20)16(1-2-16)21-5-11-3-14(4-11)6-23(7-14)13(26)24-8-15(9-24)10-27-12(25)22-15/h11,21H,1-10H2,(H,22,25). The Balaban J connectivity index is 1.03. The number of carbonyl (C=O) groups excluding carboxylic acids is 2. The number of hydrogen-bond donors (Lipinski definition) is 2. The van der Waals surface area contributed by atoms with E-state index in [0.717, 1.165) is 12.8 Å². The molecule has 150 valence electrons. The predicted octanol–water partition coefficient (Wildman–Crippen LogP) is 1.30. The van der Waals surface area contributed by atoms with E-state index in [-0.39, 0.29) is 30.2 Å². The Bertz CT molecular complexity index is 673. The first-order valence-corrected chi connectivity index (χ1v) is 9.44. The van der Waals surface area contributed by atoms with Crippen LogP contribution in [0.4, 0.5) is 22.8 Å². The first-order chi connectivity index (χ1) is 12.6. The van der Waals surface area contributed by atoms with Gasteiger partial charge in [-0.15, -0.1) is 0 Å². The van der Waals surface area contributed by atoms with Crippen LogP contribution in [0.3, 0.4) is 0 Å². The molecule has 5 rings (SSSR count). The summed E-state index contributed by atoms with van der Waals surface area (Å²) >= 11 is 0. The number of hydrogen-bond acceptors (Lipinski definition) is 4. The average Bonchev–Trinajstić information content (AvgIpc) is 3.18. The monoisotopic (exact) mass is 388 g/mol. The lowest BCUT2D eigenvalue weighted by atomic mass is 9.57. The lowest BCUT2D eigenvalue weighted by molar-refractivity contribution is -0.168. The lowest BCUT2D eigenvalue weighted by Gasteiger charge is -2.61. The zero-order valence-electron chi connectivity index (χ0n) is 14.9. The van der Waals surface area contributed by atoms with Crippen LogP contribution >= 0.6 is 0 Å². The molecule has 10 heteroatoms. The minimum absolute atomic E-state index is 0.0250. The van der Waals surface area contributed by atoms with Gasteiger partial charge in [0.15, 0.2) is 0 Å². The minimum Gasteiger partial charge on any atom is -0.447 e. The quantitative estimate of drug-likeness (QED) is 0.764. The van der Waals surface area contributed by atoms with Gasteiger partial charge in [0, 0.05) is 18.5 Å². The van der Waals surface area contributed by atoms with Crippen LogP contribution in [0.1, 0.15) is 25.7 Å². The van der Waals surface area contributed by atoms with E-state index >= 15 is 0 Å². The van der Waals surface area contributed by atoms with E-state index in [4.69, 9.17) is 4.74 Å². The van der Waals surface area contributed by atoms with Crippen molar-refractivity contribution < 1.29 is 27.5 Å². The van der Waals surface area contributed by atoms with Crippen LogP contribution in [0.5, 0.6) is 0 Å². The van der Waals surface area contributed by atoms with Crippen molar-refractivity contribution in [2.75, 3.05) is 39.3 Å². The molecule has 3 heterocycles. The fraction of sp³-hybridized carbons (Fsp3) is 0.882. The zero-order chi connectivity index (χ0) is 19.1. The van der Waals surface area contributed by atoms with Gasteiger partial charge in [-0.25, -0.2) is 9.59 Å². The van der Waals surface area contributed by atoms with E-state index in [2.05, 4.69) is 10.6 Å². The molecule has 2 N–H and O–H groups in total. The lowest BCUT2D eigenvalue weighted by Crippen LogP contribution is -2.74. The molecule has 0 aromatic carbocycles. The van der Waals surface area contributed by atoms with Crippen LogP contribution in [0, 0.1) is 11.3 Å². The summed E-state index contributed by atoms with van der Waals surface area (Å²) < 4.78 is 43.7. The number of nitrogens with zero attached hydrogens (tertiary/aromatic N) is 2. The first-order valence-electron chi connectivity index (χ1n) is 9.44. The Morgan fingerprint density at radius 3 is 2.33 bits per heavy atom. The molecule has 0 aromatic heterocycles. The van der Waals surface area contributed by atoms with Gasteiger partial charge in [0.05, 0.1) is 13.1 Å². The molecule has 0 unspecified atom stereocenters. The van der Waals surface area contributed by atoms with Crippen molar-refractivity contribution in [2.45, 2.75) is 42.9 Å². The fourth-order valence-electron chi connectivity index (χ4n) is 5.17. The van der Waals surface area contributed by atoms with E-state index in [1.165, 1.54) is 0 Å². The predicted molar refractivity (Wildman–Crippen MR) is 86.9 cm³/mol. The van der Waals surface area contributed by atoms with Crippen LogP contribution in [0.25, 0.3) is 0 Å². The summed E-state index contributed by atoms with van der Waals surface area (Å²) in [5, 5.41) is 5.49. The molecule has 27 heavy (non-hydrogen) atoms. The summed E-state index contributed by atoms with van der Waals surface area (Å²) in [5.74, 6) is 0.264. The van der Waals surface area contributed by atoms with E-state index in [1.54, 1.807) is 9.80 Å². The van der Waals surface area contributed by atoms with Crippen LogP contribution in [-0.4, -0.2) is 78.5 Å². The number of nitrogens with one attached hydrogen (secondary N) is 2. The van der Waals surface area contributed by atoms with Crippen molar-refractivity contribution in [3.8, 4) is 0 Å². The van der Waals surface area contributed by atoms with Gasteiger partial charge < -0.3 is 25.2 Å². The highest BCUT2D eigenvalue weighted by Gasteiger charge is 2.64. The largest absolute Gasteiger partial charge is 0.447 e. The van der Waals surface area contributed by atoms with Crippen molar-refractivity contribution in [1.29, 1.82) is 0 Å². The van der Waals surface area contributed by atoms with Crippen molar-refractivity contribution in [3.05, 3.63) is 0 Å². The number of alkyl carbamates (subject to hydrolysis) is 1. The number of carbonyl (C=O) groups is 2. The second kappa shape index (κ2) is 5.21. The molecule has 3 amide bonds. The number of halogens is 3. The van der Waals surface area contributed by atoms with E-state index in [0.29, 0.717) is 39.3 Å². The van der Waals surface area contributed by atoms with Crippen molar-refractivity contribution in [2.24, 2.45) is 11.3 Å². The van der Waals surface area contributed by atoms with E-state index in [9.17, 15) is 22.8 Å². The summed E-state index contributed by atoms with van der Waals surface area (Å²) in [5.41, 5.74) is -1.95. The van der Waals surface area contributed by atoms with Gasteiger partial charge in [-0.3, -0.25) is 0 Å². The third-order valence-corrected chi connectivity index (χ3v) is 6.89. The van der Waals surface area contributed by atoms with Gasteiger partial charge in [-0.2, -0.15) is 13.2 Å². The second-order valence-corrected chi connectivity index (χ2v) is 9.21. The SMILES string of the molecule is O=C1NC2(CO1)CN(C(=O)N1CC3(CC(CNC4(C(F)(F)F)CC4)C3)C1)C2. The molecular formula is C17H23F3N4O3. The molecule has 5 aliphatic rings. The van der Waals surface area contributed by atoms with Gasteiger partial charge in [0.25, 0.3) is 0 Å². The van der Waals surface area contributed by atoms with Crippen molar-refractivity contribution in [3.63, 3.8) is 0 Å². The summed E-state index contributed by atoms with van der Waals surface area (Å²) in [6.45, 7) is 3.00. The van der Waals surface area contributed by atoms with E-state index < -0.39 is 23.3 Å². The van der Waals surface area contributed by atoms with Crippen molar-refractivity contribution >= 4 is 12.1 Å². The normalized spacial score (nSPS) is 29.7. The number of likely N-dealkylation sites (tertiary alicyclic amines) is 2. The Morgan fingerprint density at radius 2 is 1.81 bits per heavy atom. The summed E-state index contributed by atoms with van der Waals surface area (Å²) in [6.07, 6.45) is -2.47. The highest BCUT2D eigenvalue weighted by Crippen LogP contribution is 2.54. The highest BCUT2D eigenvalue weighted by atomic mass is 19.4. The molecule has 0 atom stereocenters. The molecular weight excluding hydrogens is 365 g/mol. The van der Waals surface area contributed by atoms with Crippen LogP contribution in [0.2, 0.25) is 0 Å². The molecule has 0 aromatic rings. The maximum absolute atomic E-state index is 12.9. The third-order valence-electron chi connectivity index (χ3n) is 6.89.